The molecule has 0 saturated heterocycles. The first-order valence-electron chi connectivity index (χ1n) is 5.19. The molecule has 1 aromatic rings. The molecule has 0 fully saturated rings. The van der Waals surface area contributed by atoms with Crippen molar-refractivity contribution in [1.29, 1.82) is 0 Å². The molecule has 0 atom stereocenters. The summed E-state index contributed by atoms with van der Waals surface area (Å²) in [4.78, 5) is 9.63. The van der Waals surface area contributed by atoms with Crippen molar-refractivity contribution in [1.82, 2.24) is 4.72 Å². The molecule has 0 radical (unpaired) electrons. The van der Waals surface area contributed by atoms with Crippen LogP contribution in [0.2, 0.25) is 5.02 Å². The van der Waals surface area contributed by atoms with Gasteiger partial charge in [-0.05, 0) is 26.0 Å². The van der Waals surface area contributed by atoms with Crippen molar-refractivity contribution >= 4 is 27.3 Å². The third-order valence-electron chi connectivity index (χ3n) is 2.12. The SMILES string of the molecule is CC(C)(O)CNS(=O)(=O)c1ccc(Cl)c([N+](=O)[O-])c1. The number of hydrogen-bond donors (Lipinski definition) is 2. The largest absolute Gasteiger partial charge is 0.389 e. The highest BCUT2D eigenvalue weighted by Gasteiger charge is 2.23. The van der Waals surface area contributed by atoms with Crippen molar-refractivity contribution in [3.63, 3.8) is 0 Å². The molecule has 1 aromatic carbocycles. The van der Waals surface area contributed by atoms with Crippen molar-refractivity contribution in [2.75, 3.05) is 6.54 Å². The standard InChI is InChI=1S/C10H13ClN2O5S/c1-10(2,14)6-12-19(17,18)7-3-4-8(11)9(5-7)13(15)16/h3-5,12,14H,6H2,1-2H3. The van der Waals surface area contributed by atoms with E-state index in [9.17, 15) is 23.6 Å². The topological polar surface area (TPSA) is 110 Å². The van der Waals surface area contributed by atoms with Gasteiger partial charge in [-0.2, -0.15) is 0 Å². The molecule has 0 aliphatic rings. The van der Waals surface area contributed by atoms with E-state index in [0.717, 1.165) is 18.2 Å². The second-order valence-corrected chi connectivity index (χ2v) is 6.68. The van der Waals surface area contributed by atoms with E-state index in [1.807, 2.05) is 0 Å². The fraction of sp³-hybridized carbons (Fsp3) is 0.400. The molecule has 0 saturated carbocycles. The lowest BCUT2D eigenvalue weighted by Crippen LogP contribution is -2.38. The highest BCUT2D eigenvalue weighted by atomic mass is 35.5. The summed E-state index contributed by atoms with van der Waals surface area (Å²) in [6.07, 6.45) is 0. The number of nitro benzene ring substituents is 1. The number of nitrogens with zero attached hydrogens (tertiary/aromatic N) is 1. The first-order chi connectivity index (χ1) is 8.53. The summed E-state index contributed by atoms with van der Waals surface area (Å²) in [7, 11) is -3.94. The lowest BCUT2D eigenvalue weighted by molar-refractivity contribution is -0.384. The van der Waals surface area contributed by atoms with Gasteiger partial charge in [0, 0.05) is 12.6 Å². The average molecular weight is 309 g/mol. The Morgan fingerprint density at radius 2 is 2.05 bits per heavy atom. The molecule has 19 heavy (non-hydrogen) atoms. The van der Waals surface area contributed by atoms with Gasteiger partial charge in [0.05, 0.1) is 15.4 Å². The fourth-order valence-corrected chi connectivity index (χ4v) is 2.56. The zero-order valence-corrected chi connectivity index (χ0v) is 11.8. The molecule has 0 heterocycles. The summed E-state index contributed by atoms with van der Waals surface area (Å²) in [5.74, 6) is 0. The molecule has 9 heteroatoms. The van der Waals surface area contributed by atoms with Crippen molar-refractivity contribution in [3.05, 3.63) is 33.3 Å². The molecule has 106 valence electrons. The normalized spacial score (nSPS) is 12.4. The van der Waals surface area contributed by atoms with E-state index in [2.05, 4.69) is 4.72 Å². The first-order valence-corrected chi connectivity index (χ1v) is 7.05. The smallest absolute Gasteiger partial charge is 0.289 e. The van der Waals surface area contributed by atoms with Gasteiger partial charge in [0.15, 0.2) is 0 Å². The third kappa shape index (κ3) is 4.43. The second-order valence-electron chi connectivity index (χ2n) is 4.51. The minimum absolute atomic E-state index is 0.147. The van der Waals surface area contributed by atoms with Gasteiger partial charge in [0.2, 0.25) is 10.0 Å². The number of hydrogen-bond acceptors (Lipinski definition) is 5. The van der Waals surface area contributed by atoms with Crippen molar-refractivity contribution in [3.8, 4) is 0 Å². The van der Waals surface area contributed by atoms with Crippen LogP contribution in [0.3, 0.4) is 0 Å². The summed E-state index contributed by atoms with van der Waals surface area (Å²) in [5, 5.41) is 20.0. The summed E-state index contributed by atoms with van der Waals surface area (Å²) >= 11 is 5.59. The lowest BCUT2D eigenvalue weighted by atomic mass is 10.1. The maximum absolute atomic E-state index is 11.9. The summed E-state index contributed by atoms with van der Waals surface area (Å²) in [6.45, 7) is 2.64. The van der Waals surface area contributed by atoms with Gasteiger partial charge < -0.3 is 5.11 Å². The minimum atomic E-state index is -3.94. The maximum Gasteiger partial charge on any atom is 0.289 e. The van der Waals surface area contributed by atoms with Crippen LogP contribution >= 0.6 is 11.6 Å². The Morgan fingerprint density at radius 3 is 2.53 bits per heavy atom. The van der Waals surface area contributed by atoms with E-state index in [0.29, 0.717) is 0 Å². The summed E-state index contributed by atoms with van der Waals surface area (Å²) < 4.78 is 25.9. The van der Waals surface area contributed by atoms with Crippen LogP contribution in [0, 0.1) is 10.1 Å². The molecule has 0 aromatic heterocycles. The second kappa shape index (κ2) is 5.41. The Kier molecular flexibility index (Phi) is 4.51. The van der Waals surface area contributed by atoms with Crippen LogP contribution in [-0.4, -0.2) is 30.6 Å². The number of rotatable bonds is 5. The number of benzene rings is 1. The van der Waals surface area contributed by atoms with Gasteiger partial charge in [0.25, 0.3) is 5.69 Å². The Labute approximate surface area is 115 Å². The van der Waals surface area contributed by atoms with E-state index in [1.54, 1.807) is 0 Å². The molecule has 0 bridgehead atoms. The fourth-order valence-electron chi connectivity index (χ4n) is 1.15. The van der Waals surface area contributed by atoms with Gasteiger partial charge in [-0.25, -0.2) is 13.1 Å². The summed E-state index contributed by atoms with van der Waals surface area (Å²) in [6, 6.07) is 3.16. The predicted octanol–water partition coefficient (Wildman–Crippen LogP) is 1.30. The van der Waals surface area contributed by atoms with Crippen molar-refractivity contribution in [2.45, 2.75) is 24.3 Å². The van der Waals surface area contributed by atoms with Crippen LogP contribution in [-0.2, 0) is 10.0 Å². The van der Waals surface area contributed by atoms with E-state index in [1.165, 1.54) is 13.8 Å². The minimum Gasteiger partial charge on any atom is -0.389 e. The molecule has 1 rings (SSSR count). The zero-order valence-electron chi connectivity index (χ0n) is 10.3. The van der Waals surface area contributed by atoms with E-state index < -0.39 is 26.2 Å². The van der Waals surface area contributed by atoms with Crippen LogP contribution in [0.25, 0.3) is 0 Å². The number of halogens is 1. The Balaban J connectivity index is 3.09. The zero-order chi connectivity index (χ0) is 14.8. The maximum atomic E-state index is 11.9. The quantitative estimate of drug-likeness (QED) is 0.629. The van der Waals surface area contributed by atoms with Gasteiger partial charge in [-0.1, -0.05) is 11.6 Å². The predicted molar refractivity (Wildman–Crippen MR) is 69.6 cm³/mol. The van der Waals surface area contributed by atoms with Crippen LogP contribution in [0.1, 0.15) is 13.8 Å². The third-order valence-corrected chi connectivity index (χ3v) is 3.84. The summed E-state index contributed by atoms with van der Waals surface area (Å²) in [5.41, 5.74) is -1.72. The average Bonchev–Trinajstić information content (AvgIpc) is 2.25. The molecule has 2 N–H and O–H groups in total. The Morgan fingerprint density at radius 1 is 1.47 bits per heavy atom. The van der Waals surface area contributed by atoms with Crippen LogP contribution < -0.4 is 4.72 Å². The van der Waals surface area contributed by atoms with Gasteiger partial charge in [-0.3, -0.25) is 10.1 Å². The highest BCUT2D eigenvalue weighted by molar-refractivity contribution is 7.89. The van der Waals surface area contributed by atoms with E-state index >= 15 is 0 Å². The lowest BCUT2D eigenvalue weighted by Gasteiger charge is -2.17. The molecular weight excluding hydrogens is 296 g/mol. The van der Waals surface area contributed by atoms with Crippen LogP contribution in [0.15, 0.2) is 23.1 Å². The van der Waals surface area contributed by atoms with E-state index in [4.69, 9.17) is 11.6 Å². The van der Waals surface area contributed by atoms with Crippen LogP contribution in [0.4, 0.5) is 5.69 Å². The van der Waals surface area contributed by atoms with Crippen molar-refractivity contribution < 1.29 is 18.4 Å². The first kappa shape index (κ1) is 15.8. The van der Waals surface area contributed by atoms with Gasteiger partial charge in [-0.15, -0.1) is 0 Å². The molecular formula is C10H13ClN2O5S. The number of sulfonamides is 1. The van der Waals surface area contributed by atoms with E-state index in [-0.39, 0.29) is 16.5 Å². The number of nitrogens with one attached hydrogen (secondary N) is 1. The molecule has 0 aliphatic carbocycles. The number of aliphatic hydroxyl groups is 1. The molecule has 7 nitrogen and oxygen atoms in total. The number of nitro groups is 1. The highest BCUT2D eigenvalue weighted by Crippen LogP contribution is 2.26. The molecule has 0 amide bonds. The monoisotopic (exact) mass is 308 g/mol. The Bertz CT molecular complexity index is 594. The van der Waals surface area contributed by atoms with Gasteiger partial charge in [0.1, 0.15) is 5.02 Å². The molecule has 0 aliphatic heterocycles. The molecule has 0 spiro atoms. The van der Waals surface area contributed by atoms with Crippen LogP contribution in [0.5, 0.6) is 0 Å². The van der Waals surface area contributed by atoms with Crippen molar-refractivity contribution in [2.24, 2.45) is 0 Å². The molecule has 0 unspecified atom stereocenters. The van der Waals surface area contributed by atoms with Gasteiger partial charge >= 0.3 is 0 Å². The Hall–Kier alpha value is -1.22.